The number of ether oxygens (including phenoxy) is 1. The second-order valence-electron chi connectivity index (χ2n) is 6.90. The van der Waals surface area contributed by atoms with Crippen molar-refractivity contribution in [2.75, 3.05) is 39.9 Å². The van der Waals surface area contributed by atoms with Crippen LogP contribution in [-0.2, 0) is 14.3 Å². The van der Waals surface area contributed by atoms with Crippen molar-refractivity contribution in [1.82, 2.24) is 15.5 Å². The predicted molar refractivity (Wildman–Crippen MR) is 96.3 cm³/mol. The molecule has 2 N–H and O–H groups in total. The fourth-order valence-corrected chi connectivity index (χ4v) is 3.72. The number of likely N-dealkylation sites (tertiary alicyclic amines) is 1. The van der Waals surface area contributed by atoms with E-state index in [9.17, 15) is 9.59 Å². The van der Waals surface area contributed by atoms with Crippen LogP contribution < -0.4 is 10.6 Å². The summed E-state index contributed by atoms with van der Waals surface area (Å²) in [7, 11) is 1.72. The van der Waals surface area contributed by atoms with Gasteiger partial charge in [-0.25, -0.2) is 0 Å². The van der Waals surface area contributed by atoms with Gasteiger partial charge in [0.15, 0.2) is 0 Å². The molecule has 140 valence electrons. The van der Waals surface area contributed by atoms with Crippen LogP contribution >= 0.6 is 12.4 Å². The van der Waals surface area contributed by atoms with Crippen molar-refractivity contribution < 1.29 is 14.3 Å². The van der Waals surface area contributed by atoms with E-state index < -0.39 is 0 Å². The van der Waals surface area contributed by atoms with Crippen molar-refractivity contribution in [3.63, 3.8) is 0 Å². The van der Waals surface area contributed by atoms with Crippen molar-refractivity contribution in [3.05, 3.63) is 0 Å². The lowest BCUT2D eigenvalue weighted by Gasteiger charge is -2.37. The van der Waals surface area contributed by atoms with E-state index in [0.717, 1.165) is 45.2 Å². The summed E-state index contributed by atoms with van der Waals surface area (Å²) in [6, 6.07) is -0.282. The summed E-state index contributed by atoms with van der Waals surface area (Å²) in [4.78, 5) is 26.5. The van der Waals surface area contributed by atoms with E-state index in [4.69, 9.17) is 4.74 Å². The summed E-state index contributed by atoms with van der Waals surface area (Å²) in [5.74, 6) is 0.111. The Morgan fingerprint density at radius 1 is 1.33 bits per heavy atom. The summed E-state index contributed by atoms with van der Waals surface area (Å²) in [6.07, 6.45) is 5.06. The highest BCUT2D eigenvalue weighted by Crippen LogP contribution is 2.28. The maximum Gasteiger partial charge on any atom is 0.242 e. The number of nitrogens with zero attached hydrogens (tertiary/aromatic N) is 1. The molecule has 2 amide bonds. The number of hydrogen-bond donors (Lipinski definition) is 2. The molecule has 2 rings (SSSR count). The van der Waals surface area contributed by atoms with Gasteiger partial charge in [0.2, 0.25) is 11.8 Å². The Kier molecular flexibility index (Phi) is 9.02. The van der Waals surface area contributed by atoms with Gasteiger partial charge in [-0.05, 0) is 45.2 Å². The van der Waals surface area contributed by atoms with Gasteiger partial charge in [0.05, 0.1) is 6.61 Å². The predicted octanol–water partition coefficient (Wildman–Crippen LogP) is 1.33. The van der Waals surface area contributed by atoms with Crippen LogP contribution in [-0.4, -0.2) is 62.7 Å². The molecule has 0 radical (unpaired) electrons. The lowest BCUT2D eigenvalue weighted by molar-refractivity contribution is -0.138. The first-order valence-corrected chi connectivity index (χ1v) is 8.89. The number of rotatable bonds is 7. The van der Waals surface area contributed by atoms with Crippen LogP contribution in [0, 0.1) is 5.41 Å². The largest absolute Gasteiger partial charge is 0.384 e. The molecule has 0 aromatic rings. The molecule has 0 saturated carbocycles. The van der Waals surface area contributed by atoms with Gasteiger partial charge in [-0.15, -0.1) is 12.4 Å². The van der Waals surface area contributed by atoms with Crippen LogP contribution in [0.1, 0.15) is 45.4 Å². The molecule has 2 aliphatic rings. The van der Waals surface area contributed by atoms with E-state index in [-0.39, 0.29) is 35.7 Å². The van der Waals surface area contributed by atoms with Crippen LogP contribution in [0.5, 0.6) is 0 Å². The Bertz CT molecular complexity index is 408. The molecule has 1 atom stereocenters. The SMILES string of the molecule is CCCC(=O)N1CCCC1C(=O)NCC1(COC)CCNCC1.Cl. The molecular weight excluding hydrogens is 330 g/mol. The van der Waals surface area contributed by atoms with Gasteiger partial charge in [0, 0.05) is 32.0 Å². The number of piperidine rings is 1. The molecule has 2 fully saturated rings. The molecule has 0 aromatic heterocycles. The number of methoxy groups -OCH3 is 1. The molecule has 0 aromatic carbocycles. The number of hydrogen-bond acceptors (Lipinski definition) is 4. The first-order valence-electron chi connectivity index (χ1n) is 8.89. The van der Waals surface area contributed by atoms with Crippen molar-refractivity contribution in [1.29, 1.82) is 0 Å². The van der Waals surface area contributed by atoms with Crippen molar-refractivity contribution in [2.45, 2.75) is 51.5 Å². The Hall–Kier alpha value is -0.850. The Morgan fingerprint density at radius 2 is 2.04 bits per heavy atom. The van der Waals surface area contributed by atoms with E-state index in [1.807, 2.05) is 6.92 Å². The van der Waals surface area contributed by atoms with Crippen molar-refractivity contribution in [2.24, 2.45) is 5.41 Å². The maximum atomic E-state index is 12.6. The monoisotopic (exact) mass is 361 g/mol. The third kappa shape index (κ3) is 5.33. The molecular formula is C17H32ClN3O3. The molecule has 2 saturated heterocycles. The molecule has 7 heteroatoms. The highest BCUT2D eigenvalue weighted by Gasteiger charge is 2.36. The summed E-state index contributed by atoms with van der Waals surface area (Å²) in [5.41, 5.74) is 0.0204. The second-order valence-corrected chi connectivity index (χ2v) is 6.90. The van der Waals surface area contributed by atoms with Gasteiger partial charge in [0.1, 0.15) is 6.04 Å². The van der Waals surface area contributed by atoms with Crippen LogP contribution in [0.4, 0.5) is 0 Å². The number of amides is 2. The molecule has 0 spiro atoms. The van der Waals surface area contributed by atoms with Gasteiger partial charge in [-0.1, -0.05) is 6.92 Å². The second kappa shape index (κ2) is 10.2. The average Bonchev–Trinajstić information content (AvgIpc) is 3.04. The minimum atomic E-state index is -0.282. The fourth-order valence-electron chi connectivity index (χ4n) is 3.72. The third-order valence-corrected chi connectivity index (χ3v) is 5.09. The van der Waals surface area contributed by atoms with E-state index in [0.29, 0.717) is 26.1 Å². The average molecular weight is 362 g/mol. The molecule has 2 aliphatic heterocycles. The summed E-state index contributed by atoms with van der Waals surface area (Å²) in [6.45, 7) is 5.93. The van der Waals surface area contributed by atoms with Crippen LogP contribution in [0.15, 0.2) is 0 Å². The standard InChI is InChI=1S/C17H31N3O3.ClH/c1-3-5-15(21)20-11-4-6-14(20)16(22)19-12-17(13-23-2)7-9-18-10-8-17;/h14,18H,3-13H2,1-2H3,(H,19,22);1H. The molecule has 0 aliphatic carbocycles. The van der Waals surface area contributed by atoms with Gasteiger partial charge >= 0.3 is 0 Å². The van der Waals surface area contributed by atoms with Crippen LogP contribution in [0.3, 0.4) is 0 Å². The Labute approximate surface area is 151 Å². The summed E-state index contributed by atoms with van der Waals surface area (Å²) < 4.78 is 5.39. The normalized spacial score (nSPS) is 22.8. The summed E-state index contributed by atoms with van der Waals surface area (Å²) >= 11 is 0. The zero-order chi connectivity index (χ0) is 16.7. The third-order valence-electron chi connectivity index (χ3n) is 5.09. The Balaban J connectivity index is 0.00000288. The molecule has 0 bridgehead atoms. The number of halogens is 1. The molecule has 24 heavy (non-hydrogen) atoms. The topological polar surface area (TPSA) is 70.7 Å². The molecule has 1 unspecified atom stereocenters. The first-order chi connectivity index (χ1) is 11.1. The van der Waals surface area contributed by atoms with Gasteiger partial charge < -0.3 is 20.3 Å². The van der Waals surface area contributed by atoms with Crippen LogP contribution in [0.2, 0.25) is 0 Å². The summed E-state index contributed by atoms with van der Waals surface area (Å²) in [5, 5.41) is 6.46. The lowest BCUT2D eigenvalue weighted by Crippen LogP contribution is -2.51. The van der Waals surface area contributed by atoms with Crippen molar-refractivity contribution >= 4 is 24.2 Å². The van der Waals surface area contributed by atoms with Crippen LogP contribution in [0.25, 0.3) is 0 Å². The van der Waals surface area contributed by atoms with E-state index in [1.54, 1.807) is 12.0 Å². The number of nitrogens with one attached hydrogen (secondary N) is 2. The number of carbonyl (C=O) groups is 2. The lowest BCUT2D eigenvalue weighted by atomic mass is 9.79. The highest BCUT2D eigenvalue weighted by atomic mass is 35.5. The van der Waals surface area contributed by atoms with Gasteiger partial charge in [-0.3, -0.25) is 9.59 Å². The Morgan fingerprint density at radius 3 is 2.67 bits per heavy atom. The van der Waals surface area contributed by atoms with E-state index >= 15 is 0 Å². The van der Waals surface area contributed by atoms with Gasteiger partial charge in [0.25, 0.3) is 0 Å². The quantitative estimate of drug-likeness (QED) is 0.717. The van der Waals surface area contributed by atoms with E-state index in [2.05, 4.69) is 10.6 Å². The van der Waals surface area contributed by atoms with E-state index in [1.165, 1.54) is 0 Å². The zero-order valence-electron chi connectivity index (χ0n) is 14.9. The van der Waals surface area contributed by atoms with Crippen molar-refractivity contribution in [3.8, 4) is 0 Å². The molecule has 6 nitrogen and oxygen atoms in total. The van der Waals surface area contributed by atoms with Gasteiger partial charge in [-0.2, -0.15) is 0 Å². The minimum absolute atomic E-state index is 0. The first kappa shape index (κ1) is 21.2. The maximum absolute atomic E-state index is 12.6. The highest BCUT2D eigenvalue weighted by molar-refractivity contribution is 5.88. The molecule has 2 heterocycles. The zero-order valence-corrected chi connectivity index (χ0v) is 15.8. The smallest absolute Gasteiger partial charge is 0.242 e. The fraction of sp³-hybridized carbons (Fsp3) is 0.882. The minimum Gasteiger partial charge on any atom is -0.384 e. The number of carbonyl (C=O) groups excluding carboxylic acids is 2.